The smallest absolute Gasteiger partial charge is 0.258 e. The van der Waals surface area contributed by atoms with Gasteiger partial charge in [-0.2, -0.15) is 0 Å². The molecule has 11 heteroatoms. The summed E-state index contributed by atoms with van der Waals surface area (Å²) in [5, 5.41) is 11.2. The van der Waals surface area contributed by atoms with Crippen molar-refractivity contribution in [2.75, 3.05) is 11.9 Å². The summed E-state index contributed by atoms with van der Waals surface area (Å²) < 4.78 is 13.7. The molecule has 6 unspecified atom stereocenters. The van der Waals surface area contributed by atoms with E-state index in [0.717, 1.165) is 21.9 Å². The molecule has 196 valence electrons. The van der Waals surface area contributed by atoms with Gasteiger partial charge < -0.3 is 5.11 Å². The molecule has 0 aromatic heterocycles. The Balaban J connectivity index is 1.60. The number of allylic oxidation sites excluding steroid dienone is 2. The predicted octanol–water partition coefficient (Wildman–Crippen LogP) is 4.38. The topological polar surface area (TPSA) is 95.0 Å². The number of carbonyl (C=O) groups is 4. The second kappa shape index (κ2) is 8.28. The number of alkyl halides is 2. The first-order valence-electron chi connectivity index (χ1n) is 11.9. The number of anilines is 1. The van der Waals surface area contributed by atoms with Gasteiger partial charge in [-0.15, -0.1) is 23.2 Å². The molecule has 0 spiro atoms. The van der Waals surface area contributed by atoms with E-state index in [4.69, 9.17) is 34.8 Å². The van der Waals surface area contributed by atoms with Gasteiger partial charge in [0.25, 0.3) is 11.8 Å². The van der Waals surface area contributed by atoms with E-state index in [0.29, 0.717) is 5.57 Å². The molecule has 2 aliphatic carbocycles. The Bertz CT molecular complexity index is 1480. The number of nitrogens with zero attached hydrogens (tertiary/aromatic N) is 2. The van der Waals surface area contributed by atoms with E-state index in [1.54, 1.807) is 6.08 Å². The van der Waals surface area contributed by atoms with Crippen LogP contribution in [0.15, 0.2) is 54.1 Å². The fraction of sp³-hybridized carbons (Fsp3) is 0.333. The van der Waals surface area contributed by atoms with Crippen molar-refractivity contribution in [3.8, 4) is 5.75 Å². The number of phenolic OH excluding ortho intramolecular Hbond substituents is 1. The summed E-state index contributed by atoms with van der Waals surface area (Å²) in [4.78, 5) is 51.9. The Morgan fingerprint density at radius 2 is 1.66 bits per heavy atom. The van der Waals surface area contributed by atoms with Gasteiger partial charge in [-0.1, -0.05) is 23.3 Å². The number of carbonyl (C=O) groups excluding carboxylic acids is 4. The number of halogens is 4. The van der Waals surface area contributed by atoms with Crippen LogP contribution in [0.2, 0.25) is 5.02 Å². The average molecular weight is 578 g/mol. The fourth-order valence-corrected chi connectivity index (χ4v) is 7.77. The zero-order chi connectivity index (χ0) is 27.3. The van der Waals surface area contributed by atoms with Gasteiger partial charge in [-0.3, -0.25) is 24.1 Å². The van der Waals surface area contributed by atoms with Crippen LogP contribution < -0.4 is 4.90 Å². The molecule has 7 nitrogen and oxygen atoms in total. The van der Waals surface area contributed by atoms with E-state index in [1.807, 2.05) is 0 Å². The number of aromatic hydroxyl groups is 1. The number of benzene rings is 2. The molecule has 0 radical (unpaired) electrons. The van der Waals surface area contributed by atoms with Crippen LogP contribution in [0.3, 0.4) is 0 Å². The Kier molecular flexibility index (Phi) is 5.52. The summed E-state index contributed by atoms with van der Waals surface area (Å²) in [7, 11) is 1.41. The molecule has 4 amide bonds. The lowest BCUT2D eigenvalue weighted by molar-refractivity contribution is -0.138. The number of hydrogen-bond acceptors (Lipinski definition) is 5. The summed E-state index contributed by atoms with van der Waals surface area (Å²) in [6, 6.07) is 9.00. The van der Waals surface area contributed by atoms with Gasteiger partial charge in [-0.05, 0) is 61.2 Å². The summed E-state index contributed by atoms with van der Waals surface area (Å²) in [5.41, 5.74) is 0.777. The van der Waals surface area contributed by atoms with Crippen LogP contribution in [0.1, 0.15) is 24.3 Å². The Morgan fingerprint density at radius 3 is 2.34 bits per heavy atom. The molecule has 3 fully saturated rings. The highest BCUT2D eigenvalue weighted by Crippen LogP contribution is 2.66. The van der Waals surface area contributed by atoms with Crippen LogP contribution in [0.5, 0.6) is 5.75 Å². The summed E-state index contributed by atoms with van der Waals surface area (Å²) in [5.74, 6) is -6.52. The number of hydrogen-bond donors (Lipinski definition) is 1. The van der Waals surface area contributed by atoms with Crippen molar-refractivity contribution in [1.82, 2.24) is 4.90 Å². The van der Waals surface area contributed by atoms with E-state index in [1.165, 1.54) is 37.4 Å². The van der Waals surface area contributed by atoms with Gasteiger partial charge in [0.05, 0.1) is 17.5 Å². The first kappa shape index (κ1) is 25.3. The van der Waals surface area contributed by atoms with E-state index in [2.05, 4.69) is 0 Å². The minimum Gasteiger partial charge on any atom is -0.508 e. The normalized spacial score (nSPS) is 34.3. The second-order valence-corrected chi connectivity index (χ2v) is 11.9. The Hall–Kier alpha value is -2.94. The number of phenols is 1. The molecular weight excluding hydrogens is 558 g/mol. The first-order chi connectivity index (χ1) is 17.9. The molecule has 2 heterocycles. The number of imide groups is 2. The number of amides is 4. The van der Waals surface area contributed by atoms with Crippen molar-refractivity contribution >= 4 is 64.1 Å². The van der Waals surface area contributed by atoms with E-state index >= 15 is 0 Å². The highest BCUT2D eigenvalue weighted by molar-refractivity contribution is 6.58. The maximum absolute atomic E-state index is 14.1. The molecule has 6 atom stereocenters. The van der Waals surface area contributed by atoms with E-state index < -0.39 is 57.0 Å². The monoisotopic (exact) mass is 576 g/mol. The van der Waals surface area contributed by atoms with Crippen LogP contribution >= 0.6 is 34.8 Å². The highest BCUT2D eigenvalue weighted by atomic mass is 35.5. The second-order valence-electron chi connectivity index (χ2n) is 10.2. The van der Waals surface area contributed by atoms with Crippen molar-refractivity contribution < 1.29 is 28.7 Å². The van der Waals surface area contributed by atoms with Crippen molar-refractivity contribution in [3.63, 3.8) is 0 Å². The van der Waals surface area contributed by atoms with Crippen LogP contribution in [0.4, 0.5) is 10.1 Å². The summed E-state index contributed by atoms with van der Waals surface area (Å²) in [6.07, 6.45) is 1.79. The van der Waals surface area contributed by atoms with Gasteiger partial charge in [-0.25, -0.2) is 9.29 Å². The lowest BCUT2D eigenvalue weighted by atomic mass is 9.56. The number of likely N-dealkylation sites (tertiary alicyclic amines) is 1. The van der Waals surface area contributed by atoms with E-state index in [9.17, 15) is 28.7 Å². The van der Waals surface area contributed by atoms with Crippen molar-refractivity contribution in [3.05, 3.63) is 70.5 Å². The maximum atomic E-state index is 14.1. The molecule has 0 bridgehead atoms. The summed E-state index contributed by atoms with van der Waals surface area (Å²) >= 11 is 20.7. The zero-order valence-corrected chi connectivity index (χ0v) is 22.1. The van der Waals surface area contributed by atoms with Gasteiger partial charge in [0.2, 0.25) is 11.8 Å². The Morgan fingerprint density at radius 1 is 0.974 bits per heavy atom. The SMILES string of the molecule is CN1C(=O)C2CC=C3C(CC4(Cl)C(=O)N(c5ccc(F)cc5)C(=O)C4(Cl)C3c3cc(Cl)ccc3O)C2C1=O. The number of fused-ring (bicyclic) bond motifs is 4. The third kappa shape index (κ3) is 3.08. The van der Waals surface area contributed by atoms with Crippen molar-refractivity contribution in [2.45, 2.75) is 28.5 Å². The van der Waals surface area contributed by atoms with E-state index in [-0.39, 0.29) is 40.8 Å². The molecule has 2 aromatic rings. The lowest BCUT2D eigenvalue weighted by Crippen LogP contribution is -2.60. The van der Waals surface area contributed by atoms with Crippen LogP contribution in [-0.2, 0) is 19.2 Å². The standard InChI is InChI=1S/C27H20Cl3FN2O5/c1-32-22(35)16-8-7-15-18(20(16)23(32)36)11-26(29)24(37)33(14-5-3-13(31)4-6-14)25(38)27(26,30)21(15)17-10-12(28)2-9-19(17)34/h2-7,9-10,16,18,20-21,34H,8,11H2,1H3. The largest absolute Gasteiger partial charge is 0.508 e. The molecule has 1 saturated carbocycles. The molecule has 1 N–H and O–H groups in total. The van der Waals surface area contributed by atoms with Gasteiger partial charge in [0.15, 0.2) is 9.75 Å². The predicted molar refractivity (Wildman–Crippen MR) is 137 cm³/mol. The Labute approximate surface area is 231 Å². The minimum atomic E-state index is -2.13. The maximum Gasteiger partial charge on any atom is 0.258 e. The van der Waals surface area contributed by atoms with Crippen LogP contribution in [0.25, 0.3) is 0 Å². The van der Waals surface area contributed by atoms with Gasteiger partial charge in [0, 0.05) is 23.6 Å². The average Bonchev–Trinajstić information content (AvgIpc) is 3.19. The lowest BCUT2D eigenvalue weighted by Gasteiger charge is -2.50. The molecule has 6 rings (SSSR count). The molecule has 2 aromatic carbocycles. The fourth-order valence-electron chi connectivity index (χ4n) is 6.66. The molecule has 4 aliphatic rings. The van der Waals surface area contributed by atoms with Gasteiger partial charge >= 0.3 is 0 Å². The molecule has 38 heavy (non-hydrogen) atoms. The third-order valence-corrected chi connectivity index (χ3v) is 10.1. The molecule has 2 aliphatic heterocycles. The van der Waals surface area contributed by atoms with Gasteiger partial charge in [0.1, 0.15) is 11.6 Å². The highest BCUT2D eigenvalue weighted by Gasteiger charge is 2.76. The zero-order valence-electron chi connectivity index (χ0n) is 19.8. The quantitative estimate of drug-likeness (QED) is 0.325. The third-order valence-electron chi connectivity index (χ3n) is 8.42. The number of rotatable bonds is 2. The minimum absolute atomic E-state index is 0.0756. The van der Waals surface area contributed by atoms with Crippen LogP contribution in [-0.4, -0.2) is 50.4 Å². The van der Waals surface area contributed by atoms with Crippen LogP contribution in [0, 0.1) is 23.6 Å². The molecular formula is C27H20Cl3FN2O5. The van der Waals surface area contributed by atoms with Crippen molar-refractivity contribution in [2.24, 2.45) is 17.8 Å². The molecule has 2 saturated heterocycles. The van der Waals surface area contributed by atoms with Crippen molar-refractivity contribution in [1.29, 1.82) is 0 Å². The summed E-state index contributed by atoms with van der Waals surface area (Å²) in [6.45, 7) is 0. The first-order valence-corrected chi connectivity index (χ1v) is 13.1.